The summed E-state index contributed by atoms with van der Waals surface area (Å²) < 4.78 is 53.0. The summed E-state index contributed by atoms with van der Waals surface area (Å²) in [6, 6.07) is 6.71. The molecule has 12 heteroatoms. The number of carbonyl (C=O) groups is 2. The van der Waals surface area contributed by atoms with E-state index in [9.17, 15) is 22.8 Å². The predicted octanol–water partition coefficient (Wildman–Crippen LogP) is 4.99. The number of anilines is 2. The van der Waals surface area contributed by atoms with Crippen LogP contribution in [0, 0.1) is 0 Å². The smallest absolute Gasteiger partial charge is 0.406 e. The molecule has 0 unspecified atom stereocenters. The molecule has 220 valence electrons. The van der Waals surface area contributed by atoms with Crippen molar-refractivity contribution in [1.29, 1.82) is 0 Å². The van der Waals surface area contributed by atoms with Gasteiger partial charge in [-0.3, -0.25) is 9.59 Å². The summed E-state index contributed by atoms with van der Waals surface area (Å²) in [4.78, 5) is 33.3. The van der Waals surface area contributed by atoms with Crippen LogP contribution in [0.25, 0.3) is 5.57 Å². The van der Waals surface area contributed by atoms with Crippen LogP contribution in [-0.4, -0.2) is 73.7 Å². The number of benzene rings is 1. The Morgan fingerprint density at radius 2 is 1.90 bits per heavy atom. The topological polar surface area (TPSA) is 93.2 Å². The van der Waals surface area contributed by atoms with Crippen molar-refractivity contribution < 1.29 is 37.0 Å². The summed E-state index contributed by atoms with van der Waals surface area (Å²) in [7, 11) is 1.75. The third-order valence-electron chi connectivity index (χ3n) is 7.82. The average molecular weight is 575 g/mol. The van der Waals surface area contributed by atoms with Gasteiger partial charge in [0, 0.05) is 50.8 Å². The molecule has 3 aliphatic rings. The van der Waals surface area contributed by atoms with E-state index < -0.39 is 12.1 Å². The van der Waals surface area contributed by atoms with Crippen LogP contribution < -0.4 is 15.0 Å². The minimum absolute atomic E-state index is 0.157. The maximum Gasteiger partial charge on any atom is 0.573 e. The number of allylic oxidation sites excluding steroid dienone is 1. The maximum atomic E-state index is 13.0. The van der Waals surface area contributed by atoms with Crippen LogP contribution in [0.1, 0.15) is 54.4 Å². The van der Waals surface area contributed by atoms with E-state index >= 15 is 0 Å². The Hall–Kier alpha value is -3.64. The van der Waals surface area contributed by atoms with Crippen molar-refractivity contribution in [3.8, 4) is 5.75 Å². The molecule has 1 spiro atoms. The van der Waals surface area contributed by atoms with E-state index in [1.54, 1.807) is 16.8 Å². The van der Waals surface area contributed by atoms with Crippen molar-refractivity contribution in [2.75, 3.05) is 43.6 Å². The Morgan fingerprint density at radius 3 is 2.54 bits per heavy atom. The molecule has 2 fully saturated rings. The molecule has 0 saturated carbocycles. The lowest BCUT2D eigenvalue weighted by Gasteiger charge is -2.37. The van der Waals surface area contributed by atoms with Gasteiger partial charge < -0.3 is 29.3 Å². The fourth-order valence-corrected chi connectivity index (χ4v) is 5.74. The molecular weight excluding hydrogens is 541 g/mol. The number of carbonyl (C=O) groups excluding carboxylic acids is 2. The summed E-state index contributed by atoms with van der Waals surface area (Å²) in [5.74, 6) is -0.631. The molecule has 1 aromatic carbocycles. The second-order valence-electron chi connectivity index (χ2n) is 10.3. The molecule has 2 aliphatic heterocycles. The van der Waals surface area contributed by atoms with Crippen LogP contribution in [0.4, 0.5) is 24.7 Å². The third kappa shape index (κ3) is 6.65. The predicted molar refractivity (Wildman–Crippen MR) is 145 cm³/mol. The van der Waals surface area contributed by atoms with Gasteiger partial charge in [0.15, 0.2) is 5.79 Å². The van der Waals surface area contributed by atoms with Gasteiger partial charge in [0.05, 0.1) is 18.9 Å². The number of likely N-dealkylation sites (tertiary alicyclic amines) is 1. The summed E-state index contributed by atoms with van der Waals surface area (Å²) in [5.41, 5.74) is 3.01. The van der Waals surface area contributed by atoms with Crippen LogP contribution in [-0.2, 0) is 14.3 Å². The Morgan fingerprint density at radius 1 is 1.20 bits per heavy atom. The molecule has 0 bridgehead atoms. The molecule has 0 radical (unpaired) electrons. The van der Waals surface area contributed by atoms with E-state index in [4.69, 9.17) is 9.47 Å². The van der Waals surface area contributed by atoms with Crippen molar-refractivity contribution in [3.05, 3.63) is 53.7 Å². The van der Waals surface area contributed by atoms with Gasteiger partial charge in [-0.25, -0.2) is 4.98 Å². The van der Waals surface area contributed by atoms with Crippen LogP contribution in [0.15, 0.2) is 42.6 Å². The first kappa shape index (κ1) is 28.9. The number of amides is 2. The van der Waals surface area contributed by atoms with Crippen LogP contribution in [0.3, 0.4) is 0 Å². The molecule has 1 aliphatic carbocycles. The molecule has 9 nitrogen and oxygen atoms in total. The van der Waals surface area contributed by atoms with Crippen molar-refractivity contribution in [1.82, 2.24) is 9.88 Å². The summed E-state index contributed by atoms with van der Waals surface area (Å²) in [5, 5.41) is 3.08. The number of piperidine rings is 1. The number of alkyl halides is 3. The van der Waals surface area contributed by atoms with E-state index in [0.717, 1.165) is 48.9 Å². The number of hydrogen-bond acceptors (Lipinski definition) is 7. The maximum absolute atomic E-state index is 13.0. The number of hydrogen-bond donors (Lipinski definition) is 1. The summed E-state index contributed by atoms with van der Waals surface area (Å²) >= 11 is 0. The van der Waals surface area contributed by atoms with Gasteiger partial charge in [-0.15, -0.1) is 13.2 Å². The fraction of sp³-hybridized carbons (Fsp3) is 0.483. The standard InChI is InChI=1S/C29H33F3N4O5/c1-33-26-25(17-22(18-34-26)20-3-2-11-28(12-8-20)39-15-16-40-28)36(19-37)23-9-13-35(14-10-23)27(38)21-4-6-24(7-5-21)41-29(30,31)32/h4-8,17-19,23H,2-3,9-16H2,1H3,(H,33,34). The lowest BCUT2D eigenvalue weighted by Crippen LogP contribution is -2.46. The molecule has 2 amide bonds. The highest BCUT2D eigenvalue weighted by Crippen LogP contribution is 2.38. The van der Waals surface area contributed by atoms with Gasteiger partial charge in [-0.2, -0.15) is 0 Å². The number of aromatic nitrogens is 1. The number of nitrogens with one attached hydrogen (secondary N) is 1. The second-order valence-corrected chi connectivity index (χ2v) is 10.3. The van der Waals surface area contributed by atoms with E-state index in [1.807, 2.05) is 12.3 Å². The van der Waals surface area contributed by atoms with Crippen molar-refractivity contribution in [3.63, 3.8) is 0 Å². The van der Waals surface area contributed by atoms with Crippen LogP contribution >= 0.6 is 0 Å². The number of halogens is 3. The van der Waals surface area contributed by atoms with Crippen molar-refractivity contribution >= 4 is 29.4 Å². The fourth-order valence-electron chi connectivity index (χ4n) is 5.74. The molecule has 5 rings (SSSR count). The first-order valence-corrected chi connectivity index (χ1v) is 13.7. The number of nitrogens with zero attached hydrogens (tertiary/aromatic N) is 3. The zero-order valence-corrected chi connectivity index (χ0v) is 22.8. The van der Waals surface area contributed by atoms with Gasteiger partial charge >= 0.3 is 6.36 Å². The zero-order valence-electron chi connectivity index (χ0n) is 22.8. The quantitative estimate of drug-likeness (QED) is 0.466. The van der Waals surface area contributed by atoms with E-state index in [-0.39, 0.29) is 23.3 Å². The van der Waals surface area contributed by atoms with Crippen LogP contribution in [0.5, 0.6) is 5.75 Å². The van der Waals surface area contributed by atoms with Gasteiger partial charge in [-0.05, 0) is 67.2 Å². The Kier molecular flexibility index (Phi) is 8.50. The van der Waals surface area contributed by atoms with Crippen molar-refractivity contribution in [2.45, 2.75) is 56.7 Å². The van der Waals surface area contributed by atoms with E-state index in [2.05, 4.69) is 21.1 Å². The molecule has 1 N–H and O–H groups in total. The first-order valence-electron chi connectivity index (χ1n) is 13.7. The van der Waals surface area contributed by atoms with Gasteiger partial charge in [0.25, 0.3) is 5.91 Å². The Balaban J connectivity index is 1.27. The van der Waals surface area contributed by atoms with E-state index in [1.165, 1.54) is 12.1 Å². The highest BCUT2D eigenvalue weighted by molar-refractivity contribution is 5.94. The average Bonchev–Trinajstić information content (AvgIpc) is 3.33. The Bertz CT molecular complexity index is 1270. The lowest BCUT2D eigenvalue weighted by molar-refractivity contribution is -0.274. The first-order chi connectivity index (χ1) is 19.7. The summed E-state index contributed by atoms with van der Waals surface area (Å²) in [6.07, 6.45) is 4.28. The number of pyridine rings is 1. The van der Waals surface area contributed by atoms with Gasteiger partial charge in [0.1, 0.15) is 11.6 Å². The minimum Gasteiger partial charge on any atom is -0.406 e. The molecule has 0 atom stereocenters. The molecule has 2 saturated heterocycles. The van der Waals surface area contributed by atoms with E-state index in [0.29, 0.717) is 57.1 Å². The lowest BCUT2D eigenvalue weighted by atomic mass is 10.00. The molecule has 2 aromatic rings. The highest BCUT2D eigenvalue weighted by atomic mass is 19.4. The monoisotopic (exact) mass is 574 g/mol. The highest BCUT2D eigenvalue weighted by Gasteiger charge is 2.37. The van der Waals surface area contributed by atoms with Gasteiger partial charge in [-0.1, -0.05) is 6.08 Å². The Labute approximate surface area is 236 Å². The molecule has 1 aromatic heterocycles. The normalized spacial score (nSPS) is 19.4. The second kappa shape index (κ2) is 12.1. The largest absolute Gasteiger partial charge is 0.573 e. The minimum atomic E-state index is -4.80. The molecule has 3 heterocycles. The number of ether oxygens (including phenoxy) is 3. The number of rotatable bonds is 7. The van der Waals surface area contributed by atoms with Crippen LogP contribution in [0.2, 0.25) is 0 Å². The molecule has 41 heavy (non-hydrogen) atoms. The van der Waals surface area contributed by atoms with Gasteiger partial charge in [0.2, 0.25) is 6.41 Å². The molecular formula is C29H33F3N4O5. The summed E-state index contributed by atoms with van der Waals surface area (Å²) in [6.45, 7) is 2.00. The third-order valence-corrected chi connectivity index (χ3v) is 7.82. The van der Waals surface area contributed by atoms with Crippen molar-refractivity contribution in [2.24, 2.45) is 0 Å². The zero-order chi connectivity index (χ0) is 29.0. The SMILES string of the molecule is CNc1ncc(C2=CCC3(CCC2)OCCO3)cc1N(C=O)C1CCN(C(=O)c2ccc(OC(F)(F)F)cc2)CC1.